The molecule has 4 aromatic rings. The normalized spacial score (nSPS) is 10.1. The van der Waals surface area contributed by atoms with Crippen molar-refractivity contribution in [1.29, 1.82) is 0 Å². The monoisotopic (exact) mass is 406 g/mol. The highest BCUT2D eigenvalue weighted by Gasteiger charge is 2.11. The third kappa shape index (κ3) is 4.42. The van der Waals surface area contributed by atoms with Crippen LogP contribution in [0.3, 0.4) is 0 Å². The number of aromatic amines is 1. The van der Waals surface area contributed by atoms with Crippen molar-refractivity contribution in [2.75, 3.05) is 13.7 Å². The van der Waals surface area contributed by atoms with Gasteiger partial charge < -0.3 is 14.5 Å². The van der Waals surface area contributed by atoms with Crippen LogP contribution in [0.2, 0.25) is 0 Å². The number of rotatable bonds is 4. The molecule has 1 aromatic heterocycles. The largest absolute Gasteiger partial charge is 0.493 e. The SMILES string of the molecule is C#CCOc1ccc(-c2nc3ccc(C#Cc4ccccc4)cc3c(=O)[nH]2)cc1OC. The molecule has 3 aromatic carbocycles. The zero-order valence-electron chi connectivity index (χ0n) is 16.8. The third-order valence-corrected chi connectivity index (χ3v) is 4.58. The number of methoxy groups -OCH3 is 1. The lowest BCUT2D eigenvalue weighted by Crippen LogP contribution is -2.10. The second kappa shape index (κ2) is 8.90. The van der Waals surface area contributed by atoms with Crippen LogP contribution < -0.4 is 15.0 Å². The highest BCUT2D eigenvalue weighted by atomic mass is 16.5. The number of nitrogens with zero attached hydrogens (tertiary/aromatic N) is 1. The van der Waals surface area contributed by atoms with Crippen LogP contribution in [0.25, 0.3) is 22.3 Å². The zero-order valence-corrected chi connectivity index (χ0v) is 16.8. The number of hydrogen-bond donors (Lipinski definition) is 1. The summed E-state index contributed by atoms with van der Waals surface area (Å²) in [5, 5.41) is 0.476. The summed E-state index contributed by atoms with van der Waals surface area (Å²) in [5.41, 5.74) is 2.68. The molecule has 0 fully saturated rings. The van der Waals surface area contributed by atoms with Gasteiger partial charge in [-0.1, -0.05) is 36.0 Å². The summed E-state index contributed by atoms with van der Waals surface area (Å²) in [5.74, 6) is 10.1. The Morgan fingerprint density at radius 3 is 2.55 bits per heavy atom. The van der Waals surface area contributed by atoms with Gasteiger partial charge in [0.15, 0.2) is 11.5 Å². The first-order valence-electron chi connectivity index (χ1n) is 9.54. The molecule has 31 heavy (non-hydrogen) atoms. The van der Waals surface area contributed by atoms with Crippen LogP contribution in [0.15, 0.2) is 71.5 Å². The van der Waals surface area contributed by atoms with E-state index >= 15 is 0 Å². The van der Waals surface area contributed by atoms with Crippen molar-refractivity contribution in [3.63, 3.8) is 0 Å². The van der Waals surface area contributed by atoms with Crippen molar-refractivity contribution >= 4 is 10.9 Å². The van der Waals surface area contributed by atoms with Crippen LogP contribution in [-0.2, 0) is 0 Å². The number of terminal acetylenes is 1. The summed E-state index contributed by atoms with van der Waals surface area (Å²) < 4.78 is 10.8. The van der Waals surface area contributed by atoms with Gasteiger partial charge in [-0.3, -0.25) is 4.79 Å². The minimum atomic E-state index is -0.241. The molecule has 0 aliphatic carbocycles. The molecule has 1 N–H and O–H groups in total. The highest BCUT2D eigenvalue weighted by Crippen LogP contribution is 2.31. The molecule has 0 spiro atoms. The first kappa shape index (κ1) is 19.8. The molecule has 0 saturated heterocycles. The Kier molecular flexibility index (Phi) is 5.69. The Bertz CT molecular complexity index is 1400. The average molecular weight is 406 g/mol. The van der Waals surface area contributed by atoms with Crippen molar-refractivity contribution in [1.82, 2.24) is 9.97 Å². The van der Waals surface area contributed by atoms with Crippen LogP contribution in [0.4, 0.5) is 0 Å². The van der Waals surface area contributed by atoms with Crippen LogP contribution in [0.1, 0.15) is 11.1 Å². The Morgan fingerprint density at radius 1 is 0.968 bits per heavy atom. The Morgan fingerprint density at radius 2 is 1.77 bits per heavy atom. The number of benzene rings is 3. The fraction of sp³-hybridized carbons (Fsp3) is 0.0769. The lowest BCUT2D eigenvalue weighted by Gasteiger charge is -2.10. The first-order chi connectivity index (χ1) is 15.2. The maximum Gasteiger partial charge on any atom is 0.259 e. The second-order valence-corrected chi connectivity index (χ2v) is 6.62. The predicted octanol–water partition coefficient (Wildman–Crippen LogP) is 4.01. The van der Waals surface area contributed by atoms with E-state index in [4.69, 9.17) is 15.9 Å². The van der Waals surface area contributed by atoms with E-state index in [2.05, 4.69) is 27.7 Å². The highest BCUT2D eigenvalue weighted by molar-refractivity contribution is 5.81. The van der Waals surface area contributed by atoms with Crippen molar-refractivity contribution < 1.29 is 9.47 Å². The van der Waals surface area contributed by atoms with Gasteiger partial charge in [0.25, 0.3) is 5.56 Å². The number of nitrogens with one attached hydrogen (secondary N) is 1. The van der Waals surface area contributed by atoms with Gasteiger partial charge in [0, 0.05) is 16.7 Å². The summed E-state index contributed by atoms with van der Waals surface area (Å²) >= 11 is 0. The van der Waals surface area contributed by atoms with Gasteiger partial charge in [-0.15, -0.1) is 6.42 Å². The van der Waals surface area contributed by atoms with Crippen molar-refractivity contribution in [3.05, 3.63) is 88.2 Å². The molecule has 0 radical (unpaired) electrons. The molecule has 0 saturated carbocycles. The maximum absolute atomic E-state index is 12.7. The molecule has 0 amide bonds. The quantitative estimate of drug-likeness (QED) is 0.520. The Labute approximate surface area is 179 Å². The molecule has 0 bridgehead atoms. The first-order valence-corrected chi connectivity index (χ1v) is 9.54. The summed E-state index contributed by atoms with van der Waals surface area (Å²) in [6.07, 6.45) is 5.24. The van der Waals surface area contributed by atoms with Gasteiger partial charge in [-0.2, -0.15) is 0 Å². The average Bonchev–Trinajstić information content (AvgIpc) is 2.82. The van der Waals surface area contributed by atoms with Crippen molar-refractivity contribution in [2.45, 2.75) is 0 Å². The number of H-pyrrole nitrogens is 1. The van der Waals surface area contributed by atoms with E-state index in [9.17, 15) is 4.79 Å². The fourth-order valence-corrected chi connectivity index (χ4v) is 3.07. The molecule has 0 aliphatic rings. The van der Waals surface area contributed by atoms with Crippen LogP contribution in [-0.4, -0.2) is 23.7 Å². The lowest BCUT2D eigenvalue weighted by atomic mass is 10.1. The van der Waals surface area contributed by atoms with Gasteiger partial charge in [-0.05, 0) is 48.5 Å². The van der Waals surface area contributed by atoms with E-state index in [-0.39, 0.29) is 12.2 Å². The van der Waals surface area contributed by atoms with Crippen LogP contribution in [0.5, 0.6) is 11.5 Å². The van der Waals surface area contributed by atoms with Crippen molar-refractivity contribution in [2.24, 2.45) is 0 Å². The molecule has 5 nitrogen and oxygen atoms in total. The van der Waals surface area contributed by atoms with E-state index in [1.54, 1.807) is 30.3 Å². The number of hydrogen-bond acceptors (Lipinski definition) is 4. The number of aromatic nitrogens is 2. The van der Waals surface area contributed by atoms with Gasteiger partial charge >= 0.3 is 0 Å². The molecule has 0 aliphatic heterocycles. The van der Waals surface area contributed by atoms with Gasteiger partial charge in [0.05, 0.1) is 18.0 Å². The summed E-state index contributed by atoms with van der Waals surface area (Å²) in [6.45, 7) is 0.135. The Hall–Kier alpha value is -4.48. The topological polar surface area (TPSA) is 64.2 Å². The van der Waals surface area contributed by atoms with E-state index in [0.29, 0.717) is 33.8 Å². The molecule has 1 heterocycles. The standard InChI is InChI=1S/C26H18N2O3/c1-3-15-31-23-14-12-20(17-24(23)30-2)25-27-22-13-11-19(16-21(22)26(29)28-25)10-9-18-7-5-4-6-8-18/h1,4-8,11-14,16-17H,15H2,2H3,(H,27,28,29). The fourth-order valence-electron chi connectivity index (χ4n) is 3.07. The van der Waals surface area contributed by atoms with E-state index in [1.165, 1.54) is 7.11 Å². The van der Waals surface area contributed by atoms with E-state index in [0.717, 1.165) is 11.1 Å². The zero-order chi connectivity index (χ0) is 21.6. The molecule has 150 valence electrons. The molecular weight excluding hydrogens is 388 g/mol. The van der Waals surface area contributed by atoms with Crippen LogP contribution >= 0.6 is 0 Å². The maximum atomic E-state index is 12.7. The molecule has 0 atom stereocenters. The summed E-state index contributed by atoms with van der Waals surface area (Å²) in [7, 11) is 1.54. The van der Waals surface area contributed by atoms with Gasteiger partial charge in [-0.25, -0.2) is 4.98 Å². The predicted molar refractivity (Wildman–Crippen MR) is 121 cm³/mol. The minimum absolute atomic E-state index is 0.135. The number of ether oxygens (including phenoxy) is 2. The summed E-state index contributed by atoms with van der Waals surface area (Å²) in [6, 6.07) is 20.3. The molecule has 0 unspecified atom stereocenters. The molecule has 5 heteroatoms. The van der Waals surface area contributed by atoms with Crippen molar-refractivity contribution in [3.8, 4) is 47.1 Å². The summed E-state index contributed by atoms with van der Waals surface area (Å²) in [4.78, 5) is 20.2. The molecule has 4 rings (SSSR count). The van der Waals surface area contributed by atoms with E-state index < -0.39 is 0 Å². The number of fused-ring (bicyclic) bond motifs is 1. The smallest absolute Gasteiger partial charge is 0.259 e. The molecular formula is C26H18N2O3. The van der Waals surface area contributed by atoms with Gasteiger partial charge in [0.2, 0.25) is 0 Å². The third-order valence-electron chi connectivity index (χ3n) is 4.58. The van der Waals surface area contributed by atoms with Crippen LogP contribution in [0, 0.1) is 24.2 Å². The minimum Gasteiger partial charge on any atom is -0.493 e. The second-order valence-electron chi connectivity index (χ2n) is 6.62. The Balaban J connectivity index is 1.69. The van der Waals surface area contributed by atoms with E-state index in [1.807, 2.05) is 36.4 Å². The van der Waals surface area contributed by atoms with Gasteiger partial charge in [0.1, 0.15) is 12.4 Å². The lowest BCUT2D eigenvalue weighted by molar-refractivity contribution is 0.331.